The van der Waals surface area contributed by atoms with Crippen LogP contribution in [0.15, 0.2) is 14.7 Å². The molecule has 1 aromatic rings. The second-order valence-corrected chi connectivity index (χ2v) is 10.1. The summed E-state index contributed by atoms with van der Waals surface area (Å²) in [7, 11) is -3.44. The molecular formula is C14H23BrN2O2S2. The first kappa shape index (κ1) is 17.4. The minimum atomic E-state index is -3.44. The van der Waals surface area contributed by atoms with Crippen molar-refractivity contribution in [3.05, 3.63) is 14.7 Å². The van der Waals surface area contributed by atoms with Gasteiger partial charge in [0.25, 0.3) is 0 Å². The summed E-state index contributed by atoms with van der Waals surface area (Å²) in [6.07, 6.45) is 3.46. The smallest absolute Gasteiger partial charge is 0.242 e. The minimum absolute atomic E-state index is 0.00721. The lowest BCUT2D eigenvalue weighted by molar-refractivity contribution is 0.260. The SMILES string of the molecule is CC(C)NCc1cc(S(=O)(=O)NC(C)C2CCC2)c(Br)s1. The van der Waals surface area contributed by atoms with Gasteiger partial charge in [0.05, 0.1) is 3.79 Å². The number of hydrogen-bond donors (Lipinski definition) is 2. The van der Waals surface area contributed by atoms with Crippen molar-refractivity contribution in [1.82, 2.24) is 10.0 Å². The highest BCUT2D eigenvalue weighted by Gasteiger charge is 2.29. The second kappa shape index (κ2) is 7.08. The molecule has 0 bridgehead atoms. The van der Waals surface area contributed by atoms with Crippen molar-refractivity contribution in [2.75, 3.05) is 0 Å². The summed E-state index contributed by atoms with van der Waals surface area (Å²) >= 11 is 4.86. The Morgan fingerprint density at radius 1 is 1.38 bits per heavy atom. The lowest BCUT2D eigenvalue weighted by Gasteiger charge is -2.31. The number of halogens is 1. The highest BCUT2D eigenvalue weighted by Crippen LogP contribution is 2.34. The molecular weight excluding hydrogens is 372 g/mol. The zero-order valence-electron chi connectivity index (χ0n) is 12.6. The molecule has 120 valence electrons. The Morgan fingerprint density at radius 3 is 2.57 bits per heavy atom. The average Bonchev–Trinajstić information content (AvgIpc) is 2.65. The van der Waals surface area contributed by atoms with Crippen LogP contribution in [0.3, 0.4) is 0 Å². The van der Waals surface area contributed by atoms with Crippen LogP contribution >= 0.6 is 27.3 Å². The van der Waals surface area contributed by atoms with E-state index >= 15 is 0 Å². The van der Waals surface area contributed by atoms with E-state index < -0.39 is 10.0 Å². The summed E-state index contributed by atoms with van der Waals surface area (Å²) in [5.74, 6) is 0.485. The van der Waals surface area contributed by atoms with Crippen molar-refractivity contribution in [2.24, 2.45) is 5.92 Å². The van der Waals surface area contributed by atoms with E-state index in [9.17, 15) is 8.42 Å². The van der Waals surface area contributed by atoms with Gasteiger partial charge < -0.3 is 5.32 Å². The van der Waals surface area contributed by atoms with Gasteiger partial charge in [0.1, 0.15) is 4.90 Å². The number of hydrogen-bond acceptors (Lipinski definition) is 4. The normalized spacial score (nSPS) is 18.0. The van der Waals surface area contributed by atoms with Gasteiger partial charge in [0.15, 0.2) is 0 Å². The summed E-state index contributed by atoms with van der Waals surface area (Å²) in [5, 5.41) is 3.31. The highest BCUT2D eigenvalue weighted by molar-refractivity contribution is 9.11. The second-order valence-electron chi connectivity index (χ2n) is 5.99. The molecule has 2 rings (SSSR count). The first-order chi connectivity index (χ1) is 9.79. The van der Waals surface area contributed by atoms with Crippen LogP contribution in [0.4, 0.5) is 0 Å². The Morgan fingerprint density at radius 2 is 2.05 bits per heavy atom. The molecule has 1 unspecified atom stereocenters. The van der Waals surface area contributed by atoms with Crippen LogP contribution in [-0.4, -0.2) is 20.5 Å². The van der Waals surface area contributed by atoms with Crippen LogP contribution in [0.25, 0.3) is 0 Å². The molecule has 0 spiro atoms. The third-order valence-corrected chi connectivity index (χ3v) is 7.69. The molecule has 0 aliphatic heterocycles. The van der Waals surface area contributed by atoms with E-state index in [1.807, 2.05) is 6.92 Å². The lowest BCUT2D eigenvalue weighted by atomic mass is 9.81. The van der Waals surface area contributed by atoms with E-state index in [1.54, 1.807) is 6.07 Å². The van der Waals surface area contributed by atoms with Crippen LogP contribution in [0.5, 0.6) is 0 Å². The molecule has 1 fully saturated rings. The van der Waals surface area contributed by atoms with Gasteiger partial charge in [0.2, 0.25) is 10.0 Å². The summed E-state index contributed by atoms with van der Waals surface area (Å²) in [5.41, 5.74) is 0. The van der Waals surface area contributed by atoms with Gasteiger partial charge in [0, 0.05) is 23.5 Å². The predicted octanol–water partition coefficient (Wildman–Crippen LogP) is 3.48. The molecule has 1 saturated carbocycles. The largest absolute Gasteiger partial charge is 0.310 e. The molecule has 2 N–H and O–H groups in total. The van der Waals surface area contributed by atoms with Crippen LogP contribution in [0.2, 0.25) is 0 Å². The van der Waals surface area contributed by atoms with Crippen LogP contribution < -0.4 is 10.0 Å². The first-order valence-electron chi connectivity index (χ1n) is 7.33. The Labute approximate surface area is 139 Å². The van der Waals surface area contributed by atoms with E-state index in [-0.39, 0.29) is 6.04 Å². The summed E-state index contributed by atoms with van der Waals surface area (Å²) in [6.45, 7) is 6.79. The van der Waals surface area contributed by atoms with E-state index in [1.165, 1.54) is 17.8 Å². The molecule has 1 aromatic heterocycles. The summed E-state index contributed by atoms with van der Waals surface area (Å²) < 4.78 is 28.5. The van der Waals surface area contributed by atoms with Crippen molar-refractivity contribution in [3.63, 3.8) is 0 Å². The zero-order chi connectivity index (χ0) is 15.6. The maximum Gasteiger partial charge on any atom is 0.242 e. The van der Waals surface area contributed by atoms with Crippen molar-refractivity contribution < 1.29 is 8.42 Å². The molecule has 0 amide bonds. The van der Waals surface area contributed by atoms with Crippen molar-refractivity contribution in [2.45, 2.75) is 63.6 Å². The van der Waals surface area contributed by atoms with Crippen molar-refractivity contribution in [1.29, 1.82) is 0 Å². The quantitative estimate of drug-likeness (QED) is 0.743. The summed E-state index contributed by atoms with van der Waals surface area (Å²) in [4.78, 5) is 1.38. The minimum Gasteiger partial charge on any atom is -0.310 e. The van der Waals surface area contributed by atoms with Crippen molar-refractivity contribution >= 4 is 37.3 Å². The Balaban J connectivity index is 2.08. The molecule has 7 heteroatoms. The molecule has 21 heavy (non-hydrogen) atoms. The maximum atomic E-state index is 12.5. The monoisotopic (exact) mass is 394 g/mol. The van der Waals surface area contributed by atoms with Crippen LogP contribution in [0.1, 0.15) is 44.9 Å². The molecule has 1 atom stereocenters. The average molecular weight is 395 g/mol. The van der Waals surface area contributed by atoms with Gasteiger partial charge in [-0.25, -0.2) is 13.1 Å². The standard InChI is InChI=1S/C14H23BrN2O2S2/c1-9(2)16-8-12-7-13(14(15)20-12)21(18,19)17-10(3)11-5-4-6-11/h7,9-11,16-17H,4-6,8H2,1-3H3. The topological polar surface area (TPSA) is 58.2 Å². The maximum absolute atomic E-state index is 12.5. The fraction of sp³-hybridized carbons (Fsp3) is 0.714. The van der Waals surface area contributed by atoms with Gasteiger partial charge in [-0.05, 0) is 47.7 Å². The molecule has 0 saturated heterocycles. The van der Waals surface area contributed by atoms with Crippen molar-refractivity contribution in [3.8, 4) is 0 Å². The molecule has 0 radical (unpaired) electrons. The van der Waals surface area contributed by atoms with Gasteiger partial charge in [-0.3, -0.25) is 0 Å². The molecule has 1 aliphatic carbocycles. The van der Waals surface area contributed by atoms with E-state index in [2.05, 4.69) is 39.8 Å². The van der Waals surface area contributed by atoms with Gasteiger partial charge >= 0.3 is 0 Å². The number of thiophene rings is 1. The van der Waals surface area contributed by atoms with E-state index in [0.717, 1.165) is 17.7 Å². The Kier molecular flexibility index (Phi) is 5.87. The fourth-order valence-electron chi connectivity index (χ4n) is 2.32. The van der Waals surface area contributed by atoms with Gasteiger partial charge in [-0.2, -0.15) is 0 Å². The molecule has 4 nitrogen and oxygen atoms in total. The third kappa shape index (κ3) is 4.51. The fourth-order valence-corrected chi connectivity index (χ4v) is 6.26. The predicted molar refractivity (Wildman–Crippen MR) is 91.1 cm³/mol. The van der Waals surface area contributed by atoms with E-state index in [4.69, 9.17) is 0 Å². The lowest BCUT2D eigenvalue weighted by Crippen LogP contribution is -2.40. The molecule has 1 heterocycles. The Bertz CT molecular complexity index is 580. The third-order valence-electron chi connectivity index (χ3n) is 3.88. The molecule has 0 aromatic carbocycles. The number of nitrogens with one attached hydrogen (secondary N) is 2. The van der Waals surface area contributed by atoms with Gasteiger partial charge in [-0.15, -0.1) is 11.3 Å². The van der Waals surface area contributed by atoms with Crippen LogP contribution in [-0.2, 0) is 16.6 Å². The zero-order valence-corrected chi connectivity index (χ0v) is 15.9. The summed E-state index contributed by atoms with van der Waals surface area (Å²) in [6, 6.07) is 2.15. The van der Waals surface area contributed by atoms with Gasteiger partial charge in [-0.1, -0.05) is 20.3 Å². The number of sulfonamides is 1. The highest BCUT2D eigenvalue weighted by atomic mass is 79.9. The van der Waals surface area contributed by atoms with Crippen LogP contribution in [0, 0.1) is 5.92 Å². The Hall–Kier alpha value is 0.0500. The van der Waals surface area contributed by atoms with E-state index in [0.29, 0.717) is 27.2 Å². The molecule has 1 aliphatic rings. The number of rotatable bonds is 7. The first-order valence-corrected chi connectivity index (χ1v) is 10.4.